The van der Waals surface area contributed by atoms with Crippen molar-refractivity contribution in [3.05, 3.63) is 0 Å². The average molecular weight is 269 g/mol. The van der Waals surface area contributed by atoms with Gasteiger partial charge >= 0.3 is 0 Å². The molecule has 2 heteroatoms. The van der Waals surface area contributed by atoms with Gasteiger partial charge in [-0.1, -0.05) is 33.1 Å². The second-order valence-corrected chi connectivity index (χ2v) is 7.80. The zero-order valence-corrected chi connectivity index (χ0v) is 13.8. The highest BCUT2D eigenvalue weighted by molar-refractivity contribution is 4.85. The number of hydrogen-bond acceptors (Lipinski definition) is 2. The van der Waals surface area contributed by atoms with Gasteiger partial charge in [0.05, 0.1) is 5.60 Å². The van der Waals surface area contributed by atoms with E-state index in [1.54, 1.807) is 0 Å². The smallest absolute Gasteiger partial charge is 0.0598 e. The zero-order chi connectivity index (χ0) is 14.4. The molecule has 0 heterocycles. The van der Waals surface area contributed by atoms with Crippen molar-refractivity contribution in [3.63, 3.8) is 0 Å². The van der Waals surface area contributed by atoms with Gasteiger partial charge in [-0.3, -0.25) is 0 Å². The summed E-state index contributed by atoms with van der Waals surface area (Å²) in [5, 5.41) is 3.69. The van der Waals surface area contributed by atoms with E-state index in [0.29, 0.717) is 5.41 Å². The summed E-state index contributed by atoms with van der Waals surface area (Å²) in [6, 6.07) is 0. The van der Waals surface area contributed by atoms with Gasteiger partial charge in [-0.05, 0) is 57.9 Å². The minimum atomic E-state index is 0.00121. The number of hydrogen-bond donors (Lipinski definition) is 1. The molecule has 0 aliphatic heterocycles. The van der Waals surface area contributed by atoms with E-state index in [9.17, 15) is 0 Å². The topological polar surface area (TPSA) is 21.3 Å². The van der Waals surface area contributed by atoms with Crippen molar-refractivity contribution in [3.8, 4) is 0 Å². The Balaban J connectivity index is 2.40. The summed E-state index contributed by atoms with van der Waals surface area (Å²) in [5.74, 6) is 0.742. The van der Waals surface area contributed by atoms with Gasteiger partial charge in [-0.25, -0.2) is 0 Å². The molecule has 19 heavy (non-hydrogen) atoms. The third kappa shape index (κ3) is 7.31. The fourth-order valence-corrected chi connectivity index (χ4v) is 3.02. The lowest BCUT2D eigenvalue weighted by molar-refractivity contribution is -0.0237. The van der Waals surface area contributed by atoms with Crippen LogP contribution >= 0.6 is 0 Å². The van der Waals surface area contributed by atoms with Gasteiger partial charge in [0.25, 0.3) is 0 Å². The summed E-state index contributed by atoms with van der Waals surface area (Å²) in [6.07, 6.45) is 8.20. The number of nitrogens with one attached hydrogen (secondary N) is 1. The molecule has 1 saturated carbocycles. The lowest BCUT2D eigenvalue weighted by Crippen LogP contribution is -2.39. The standard InChI is InChI=1S/C17H35NO/c1-15(2)13-18-14-17(9-7-6-8-10-17)11-12-19-16(3,4)5/h15,18H,6-14H2,1-5H3. The Hall–Kier alpha value is -0.0800. The fraction of sp³-hybridized carbons (Fsp3) is 1.00. The maximum Gasteiger partial charge on any atom is 0.0598 e. The Morgan fingerprint density at radius 1 is 1.11 bits per heavy atom. The highest BCUT2D eigenvalue weighted by atomic mass is 16.5. The van der Waals surface area contributed by atoms with Gasteiger partial charge in [0.15, 0.2) is 0 Å². The average Bonchev–Trinajstić information content (AvgIpc) is 2.28. The third-order valence-corrected chi connectivity index (χ3v) is 4.13. The van der Waals surface area contributed by atoms with E-state index in [1.807, 2.05) is 0 Å². The summed E-state index contributed by atoms with van der Waals surface area (Å²) >= 11 is 0. The molecule has 0 saturated heterocycles. The van der Waals surface area contributed by atoms with Crippen LogP contribution in [0.3, 0.4) is 0 Å². The highest BCUT2D eigenvalue weighted by Gasteiger charge is 2.31. The lowest BCUT2D eigenvalue weighted by atomic mass is 9.72. The molecule has 114 valence electrons. The van der Waals surface area contributed by atoms with Crippen LogP contribution in [0.15, 0.2) is 0 Å². The van der Waals surface area contributed by atoms with Crippen LogP contribution in [0.1, 0.15) is 73.1 Å². The van der Waals surface area contributed by atoms with Crippen molar-refractivity contribution in [2.75, 3.05) is 19.7 Å². The zero-order valence-electron chi connectivity index (χ0n) is 13.8. The minimum Gasteiger partial charge on any atom is -0.376 e. The monoisotopic (exact) mass is 269 g/mol. The first-order valence-corrected chi connectivity index (χ1v) is 8.18. The van der Waals surface area contributed by atoms with Gasteiger partial charge in [-0.2, -0.15) is 0 Å². The number of rotatable bonds is 7. The van der Waals surface area contributed by atoms with Crippen LogP contribution in [-0.4, -0.2) is 25.3 Å². The summed E-state index contributed by atoms with van der Waals surface area (Å²) < 4.78 is 5.96. The van der Waals surface area contributed by atoms with Crippen LogP contribution in [0, 0.1) is 11.3 Å². The van der Waals surface area contributed by atoms with Crippen LogP contribution in [0.5, 0.6) is 0 Å². The molecule has 1 N–H and O–H groups in total. The first-order valence-electron chi connectivity index (χ1n) is 8.18. The van der Waals surface area contributed by atoms with E-state index >= 15 is 0 Å². The molecule has 0 spiro atoms. The summed E-state index contributed by atoms with van der Waals surface area (Å²) in [4.78, 5) is 0. The van der Waals surface area contributed by atoms with Crippen LogP contribution in [0.2, 0.25) is 0 Å². The van der Waals surface area contributed by atoms with Crippen molar-refractivity contribution in [1.82, 2.24) is 5.32 Å². The van der Waals surface area contributed by atoms with Crippen LogP contribution in [-0.2, 0) is 4.74 Å². The van der Waals surface area contributed by atoms with Crippen molar-refractivity contribution < 1.29 is 4.74 Å². The fourth-order valence-electron chi connectivity index (χ4n) is 3.02. The molecule has 0 aromatic rings. The highest BCUT2D eigenvalue weighted by Crippen LogP contribution is 2.39. The molecule has 0 aromatic carbocycles. The van der Waals surface area contributed by atoms with Gasteiger partial charge in [0, 0.05) is 13.2 Å². The molecule has 0 unspecified atom stereocenters. The molecule has 1 rings (SSSR count). The molecular formula is C17H35NO. The van der Waals surface area contributed by atoms with Gasteiger partial charge in [0.1, 0.15) is 0 Å². The quantitative estimate of drug-likeness (QED) is 0.740. The largest absolute Gasteiger partial charge is 0.376 e. The predicted molar refractivity (Wildman–Crippen MR) is 83.5 cm³/mol. The molecule has 0 atom stereocenters. The maximum absolute atomic E-state index is 5.96. The molecule has 0 aromatic heterocycles. The normalized spacial score (nSPS) is 19.9. The van der Waals surface area contributed by atoms with E-state index < -0.39 is 0 Å². The molecule has 2 nitrogen and oxygen atoms in total. The first-order chi connectivity index (χ1) is 8.83. The van der Waals surface area contributed by atoms with Crippen LogP contribution in [0.25, 0.3) is 0 Å². The van der Waals surface area contributed by atoms with Crippen molar-refractivity contribution in [1.29, 1.82) is 0 Å². The van der Waals surface area contributed by atoms with Crippen LogP contribution < -0.4 is 5.32 Å². The minimum absolute atomic E-state index is 0.00121. The summed E-state index contributed by atoms with van der Waals surface area (Å²) in [5.41, 5.74) is 0.500. The Morgan fingerprint density at radius 3 is 2.26 bits per heavy atom. The Bertz CT molecular complexity index is 236. The molecule has 1 aliphatic carbocycles. The Morgan fingerprint density at radius 2 is 1.74 bits per heavy atom. The SMILES string of the molecule is CC(C)CNCC1(CCOC(C)(C)C)CCCCC1. The van der Waals surface area contributed by atoms with Crippen molar-refractivity contribution in [2.45, 2.75) is 78.7 Å². The molecule has 1 fully saturated rings. The Kier molecular flexibility index (Phi) is 6.82. The second-order valence-electron chi connectivity index (χ2n) is 7.80. The molecule has 0 bridgehead atoms. The van der Waals surface area contributed by atoms with Gasteiger partial charge < -0.3 is 10.1 Å². The second kappa shape index (κ2) is 7.64. The molecule has 0 radical (unpaired) electrons. The Labute approximate surface area is 120 Å². The van der Waals surface area contributed by atoms with E-state index in [0.717, 1.165) is 19.1 Å². The van der Waals surface area contributed by atoms with Gasteiger partial charge in [0.2, 0.25) is 0 Å². The van der Waals surface area contributed by atoms with Gasteiger partial charge in [-0.15, -0.1) is 0 Å². The lowest BCUT2D eigenvalue weighted by Gasteiger charge is -2.38. The van der Waals surface area contributed by atoms with E-state index in [1.165, 1.54) is 45.1 Å². The first kappa shape index (κ1) is 17.0. The maximum atomic E-state index is 5.96. The van der Waals surface area contributed by atoms with E-state index in [2.05, 4.69) is 39.9 Å². The predicted octanol–water partition coefficient (Wildman–Crippen LogP) is 4.39. The summed E-state index contributed by atoms with van der Waals surface area (Å²) in [7, 11) is 0. The van der Waals surface area contributed by atoms with Crippen molar-refractivity contribution >= 4 is 0 Å². The molecule has 1 aliphatic rings. The molecule has 0 amide bonds. The van der Waals surface area contributed by atoms with E-state index in [4.69, 9.17) is 4.74 Å². The van der Waals surface area contributed by atoms with Crippen LogP contribution in [0.4, 0.5) is 0 Å². The summed E-state index contributed by atoms with van der Waals surface area (Å²) in [6.45, 7) is 14.2. The molecular weight excluding hydrogens is 234 g/mol. The number of ether oxygens (including phenoxy) is 1. The van der Waals surface area contributed by atoms with Crippen molar-refractivity contribution in [2.24, 2.45) is 11.3 Å². The third-order valence-electron chi connectivity index (χ3n) is 4.13. The van der Waals surface area contributed by atoms with E-state index in [-0.39, 0.29) is 5.60 Å².